The molecule has 0 bridgehead atoms. The Kier molecular flexibility index (Phi) is 6.09. The van der Waals surface area contributed by atoms with E-state index in [0.29, 0.717) is 0 Å². The number of carbonyl (C=O) groups excluding carboxylic acids is 2. The van der Waals surface area contributed by atoms with E-state index in [1.54, 1.807) is 11.4 Å². The zero-order valence-electron chi connectivity index (χ0n) is 15.1. The predicted molar refractivity (Wildman–Crippen MR) is 110 cm³/mol. The first-order valence-corrected chi connectivity index (χ1v) is 10.6. The lowest BCUT2D eigenvalue weighted by Gasteiger charge is -2.09. The van der Waals surface area contributed by atoms with Crippen LogP contribution in [0.15, 0.2) is 70.3 Å². The zero-order chi connectivity index (χ0) is 21.7. The lowest BCUT2D eigenvalue weighted by atomic mass is 10.2. The molecule has 3 rings (SSSR count). The number of anilines is 1. The van der Waals surface area contributed by atoms with Crippen LogP contribution < -0.4 is 15.6 Å². The number of amides is 2. The topological polar surface area (TPSA) is 148 Å². The summed E-state index contributed by atoms with van der Waals surface area (Å²) in [7, 11) is -3.70. The van der Waals surface area contributed by atoms with Crippen LogP contribution >= 0.6 is 11.3 Å². The molecule has 154 valence electrons. The van der Waals surface area contributed by atoms with Crippen molar-refractivity contribution in [1.29, 1.82) is 0 Å². The van der Waals surface area contributed by atoms with Crippen LogP contribution in [0.25, 0.3) is 0 Å². The second-order valence-electron chi connectivity index (χ2n) is 5.83. The summed E-state index contributed by atoms with van der Waals surface area (Å²) in [6, 6.07) is 13.7. The number of hydrogen-bond acceptors (Lipinski definition) is 7. The fraction of sp³-hybridized carbons (Fsp3) is 0. The predicted octanol–water partition coefficient (Wildman–Crippen LogP) is 2.53. The Labute approximate surface area is 174 Å². The molecular formula is C18H14N4O6S2. The highest BCUT2D eigenvalue weighted by Crippen LogP contribution is 2.20. The minimum absolute atomic E-state index is 0.00262. The number of hydrogen-bond donors (Lipinski definition) is 3. The highest BCUT2D eigenvalue weighted by Gasteiger charge is 2.16. The maximum Gasteiger partial charge on any atom is 0.271 e. The van der Waals surface area contributed by atoms with E-state index in [1.807, 2.05) is 0 Å². The van der Waals surface area contributed by atoms with Gasteiger partial charge in [0.25, 0.3) is 27.5 Å². The van der Waals surface area contributed by atoms with Crippen LogP contribution in [0.4, 0.5) is 11.4 Å². The fourth-order valence-corrected chi connectivity index (χ4v) is 4.38. The molecule has 0 aliphatic heterocycles. The van der Waals surface area contributed by atoms with Gasteiger partial charge in [-0.3, -0.25) is 35.3 Å². The maximum absolute atomic E-state index is 12.2. The van der Waals surface area contributed by atoms with Gasteiger partial charge in [-0.1, -0.05) is 12.1 Å². The lowest BCUT2D eigenvalue weighted by molar-refractivity contribution is -0.384. The largest absolute Gasteiger partial charge is 0.279 e. The van der Waals surface area contributed by atoms with E-state index >= 15 is 0 Å². The third kappa shape index (κ3) is 4.98. The summed E-state index contributed by atoms with van der Waals surface area (Å²) in [5.41, 5.74) is 4.53. The molecule has 1 heterocycles. The SMILES string of the molecule is O=C(NNC(=O)c1cccc([N+](=O)[O-])c1)c1ccc(NS(=O)(=O)c2cccs2)cc1. The summed E-state index contributed by atoms with van der Waals surface area (Å²) in [5.74, 6) is -1.38. The normalized spacial score (nSPS) is 10.8. The van der Waals surface area contributed by atoms with Gasteiger partial charge in [0.15, 0.2) is 0 Å². The second kappa shape index (κ2) is 8.71. The first kappa shape index (κ1) is 21.0. The molecule has 0 unspecified atom stereocenters. The second-order valence-corrected chi connectivity index (χ2v) is 8.69. The van der Waals surface area contributed by atoms with E-state index in [4.69, 9.17) is 0 Å². The van der Waals surface area contributed by atoms with Gasteiger partial charge in [0.05, 0.1) is 4.92 Å². The zero-order valence-corrected chi connectivity index (χ0v) is 16.7. The molecule has 2 amide bonds. The van der Waals surface area contributed by atoms with E-state index in [-0.39, 0.29) is 26.7 Å². The van der Waals surface area contributed by atoms with Gasteiger partial charge < -0.3 is 0 Å². The minimum Gasteiger partial charge on any atom is -0.279 e. The van der Waals surface area contributed by atoms with Crippen LogP contribution in [0.5, 0.6) is 0 Å². The third-order valence-corrected chi connectivity index (χ3v) is 6.55. The van der Waals surface area contributed by atoms with Crippen LogP contribution in [0.3, 0.4) is 0 Å². The molecule has 0 saturated carbocycles. The van der Waals surface area contributed by atoms with E-state index in [1.165, 1.54) is 48.5 Å². The van der Waals surface area contributed by atoms with Crippen molar-refractivity contribution in [2.75, 3.05) is 4.72 Å². The smallest absolute Gasteiger partial charge is 0.271 e. The minimum atomic E-state index is -3.70. The number of nitro groups is 1. The molecule has 2 aromatic carbocycles. The standard InChI is InChI=1S/C18H14N4O6S2/c23-17(19-20-18(24)13-3-1-4-15(11-13)22(25)26)12-6-8-14(9-7-12)21-30(27,28)16-5-2-10-29-16/h1-11,21H,(H,19,23)(H,20,24). The number of hydrazine groups is 1. The van der Waals surface area contributed by atoms with Crippen LogP contribution in [0.2, 0.25) is 0 Å². The Morgan fingerprint density at radius 1 is 0.900 bits per heavy atom. The Morgan fingerprint density at radius 3 is 2.17 bits per heavy atom. The molecular weight excluding hydrogens is 432 g/mol. The van der Waals surface area contributed by atoms with Crippen molar-refractivity contribution < 1.29 is 22.9 Å². The van der Waals surface area contributed by atoms with Crippen molar-refractivity contribution in [3.05, 3.63) is 87.3 Å². The van der Waals surface area contributed by atoms with Crippen LogP contribution in [0, 0.1) is 10.1 Å². The number of carbonyl (C=O) groups is 2. The maximum atomic E-state index is 12.2. The first-order chi connectivity index (χ1) is 14.3. The van der Waals surface area contributed by atoms with Crippen molar-refractivity contribution in [2.45, 2.75) is 4.21 Å². The number of benzene rings is 2. The van der Waals surface area contributed by atoms with Gasteiger partial charge in [0, 0.05) is 28.9 Å². The molecule has 0 fully saturated rings. The number of nitro benzene ring substituents is 1. The summed E-state index contributed by atoms with van der Waals surface area (Å²) in [4.78, 5) is 34.4. The van der Waals surface area contributed by atoms with Gasteiger partial charge in [0.1, 0.15) is 4.21 Å². The lowest BCUT2D eigenvalue weighted by Crippen LogP contribution is -2.41. The molecule has 0 atom stereocenters. The number of nitrogens with one attached hydrogen (secondary N) is 3. The van der Waals surface area contributed by atoms with Gasteiger partial charge in [-0.15, -0.1) is 11.3 Å². The van der Waals surface area contributed by atoms with Gasteiger partial charge in [0.2, 0.25) is 0 Å². The third-order valence-electron chi connectivity index (χ3n) is 3.77. The van der Waals surface area contributed by atoms with Crippen molar-refractivity contribution >= 4 is 44.5 Å². The quantitative estimate of drug-likeness (QED) is 0.391. The van der Waals surface area contributed by atoms with Crippen LogP contribution in [0.1, 0.15) is 20.7 Å². The van der Waals surface area contributed by atoms with Crippen LogP contribution in [-0.2, 0) is 10.0 Å². The monoisotopic (exact) mass is 446 g/mol. The number of nitrogens with zero attached hydrogens (tertiary/aromatic N) is 1. The number of rotatable bonds is 6. The number of non-ortho nitro benzene ring substituents is 1. The van der Waals surface area contributed by atoms with Crippen molar-refractivity contribution in [3.63, 3.8) is 0 Å². The molecule has 0 aliphatic carbocycles. The van der Waals surface area contributed by atoms with Crippen LogP contribution in [-0.4, -0.2) is 25.2 Å². The molecule has 1 aromatic heterocycles. The van der Waals surface area contributed by atoms with Crippen molar-refractivity contribution in [2.24, 2.45) is 0 Å². The molecule has 3 N–H and O–H groups in total. The van der Waals surface area contributed by atoms with Gasteiger partial charge in [-0.2, -0.15) is 0 Å². The van der Waals surface area contributed by atoms with Crippen molar-refractivity contribution in [1.82, 2.24) is 10.9 Å². The summed E-state index contributed by atoms with van der Waals surface area (Å²) in [6.45, 7) is 0. The van der Waals surface area contributed by atoms with E-state index in [0.717, 1.165) is 17.4 Å². The molecule has 0 spiro atoms. The molecule has 30 heavy (non-hydrogen) atoms. The molecule has 0 radical (unpaired) electrons. The summed E-state index contributed by atoms with van der Waals surface area (Å²) >= 11 is 1.07. The first-order valence-electron chi connectivity index (χ1n) is 8.28. The molecule has 3 aromatic rings. The Balaban J connectivity index is 1.60. The highest BCUT2D eigenvalue weighted by molar-refractivity contribution is 7.94. The number of sulfonamides is 1. The molecule has 0 aliphatic rings. The summed E-state index contributed by atoms with van der Waals surface area (Å²) in [5, 5.41) is 12.4. The molecule has 10 nitrogen and oxygen atoms in total. The Hall–Kier alpha value is -3.77. The molecule has 0 saturated heterocycles. The van der Waals surface area contributed by atoms with E-state index in [2.05, 4.69) is 15.6 Å². The Morgan fingerprint density at radius 2 is 1.57 bits per heavy atom. The van der Waals surface area contributed by atoms with E-state index in [9.17, 15) is 28.1 Å². The van der Waals surface area contributed by atoms with Gasteiger partial charge in [-0.05, 0) is 41.8 Å². The fourth-order valence-electron chi connectivity index (χ4n) is 2.33. The van der Waals surface area contributed by atoms with Crippen molar-refractivity contribution in [3.8, 4) is 0 Å². The van der Waals surface area contributed by atoms with E-state index < -0.39 is 26.8 Å². The molecule has 12 heteroatoms. The van der Waals surface area contributed by atoms with Gasteiger partial charge >= 0.3 is 0 Å². The Bertz CT molecular complexity index is 1190. The average molecular weight is 446 g/mol. The van der Waals surface area contributed by atoms with Gasteiger partial charge in [-0.25, -0.2) is 8.42 Å². The average Bonchev–Trinajstić information content (AvgIpc) is 3.28. The summed E-state index contributed by atoms with van der Waals surface area (Å²) < 4.78 is 26.9. The highest BCUT2D eigenvalue weighted by atomic mass is 32.2. The number of thiophene rings is 1. The summed E-state index contributed by atoms with van der Waals surface area (Å²) in [6.07, 6.45) is 0.